The molecule has 0 atom stereocenters. The first-order valence-electron chi connectivity index (χ1n) is 5.66. The first kappa shape index (κ1) is 10.2. The van der Waals surface area contributed by atoms with Gasteiger partial charge in [0.05, 0.1) is 12.1 Å². The highest BCUT2D eigenvalue weighted by Crippen LogP contribution is 2.39. The second-order valence-corrected chi connectivity index (χ2v) is 4.28. The van der Waals surface area contributed by atoms with Crippen LogP contribution >= 0.6 is 0 Å². The fourth-order valence-corrected chi connectivity index (χ4v) is 1.87. The van der Waals surface area contributed by atoms with Crippen molar-refractivity contribution in [1.29, 1.82) is 0 Å². The molecule has 1 fully saturated rings. The molecule has 1 N–H and O–H groups in total. The van der Waals surface area contributed by atoms with Gasteiger partial charge in [-0.1, -0.05) is 0 Å². The topological polar surface area (TPSA) is 80.4 Å². The second-order valence-electron chi connectivity index (χ2n) is 4.28. The predicted octanol–water partition coefficient (Wildman–Crippen LogP) is 1.02. The molecule has 6 nitrogen and oxygen atoms in total. The molecular weight excluding hydrogens is 220 g/mol. The van der Waals surface area contributed by atoms with Crippen LogP contribution in [0.5, 0.6) is 0 Å². The number of carbonyl (C=O) groups is 1. The normalized spacial score (nSPS) is 15.3. The molecular formula is C11H12N4O2. The third kappa shape index (κ3) is 1.98. The van der Waals surface area contributed by atoms with Gasteiger partial charge in [0.25, 0.3) is 5.78 Å². The Morgan fingerprint density at radius 3 is 3.06 bits per heavy atom. The summed E-state index contributed by atoms with van der Waals surface area (Å²) < 4.78 is 1.74. The van der Waals surface area contributed by atoms with Gasteiger partial charge < -0.3 is 5.11 Å². The van der Waals surface area contributed by atoms with Crippen LogP contribution in [0.2, 0.25) is 0 Å². The van der Waals surface area contributed by atoms with Crippen molar-refractivity contribution in [2.24, 2.45) is 0 Å². The standard InChI is InChI=1S/C11H12N4O2/c16-10(17)4-3-9-13-11-12-6-5-8(7-1-2-7)15(11)14-9/h5-7H,1-4H2,(H,16,17). The Morgan fingerprint density at radius 2 is 2.35 bits per heavy atom. The number of carboxylic acid groups (broad SMARTS) is 1. The van der Waals surface area contributed by atoms with Gasteiger partial charge in [0, 0.05) is 18.5 Å². The van der Waals surface area contributed by atoms with Gasteiger partial charge >= 0.3 is 5.97 Å². The molecule has 0 bridgehead atoms. The molecule has 0 amide bonds. The van der Waals surface area contributed by atoms with Crippen LogP contribution in [0.4, 0.5) is 0 Å². The van der Waals surface area contributed by atoms with Crippen molar-refractivity contribution in [3.05, 3.63) is 23.8 Å². The Kier molecular flexibility index (Phi) is 2.28. The van der Waals surface area contributed by atoms with Gasteiger partial charge in [-0.25, -0.2) is 9.50 Å². The van der Waals surface area contributed by atoms with Crippen LogP contribution in [0, 0.1) is 0 Å². The van der Waals surface area contributed by atoms with Crippen molar-refractivity contribution in [1.82, 2.24) is 19.6 Å². The van der Waals surface area contributed by atoms with E-state index in [0.717, 1.165) is 5.69 Å². The maximum atomic E-state index is 10.5. The summed E-state index contributed by atoms with van der Waals surface area (Å²) in [6, 6.07) is 1.96. The monoisotopic (exact) mass is 232 g/mol. The third-order valence-corrected chi connectivity index (χ3v) is 2.87. The number of hydrogen-bond donors (Lipinski definition) is 1. The molecule has 0 saturated heterocycles. The van der Waals surface area contributed by atoms with E-state index in [4.69, 9.17) is 5.11 Å². The van der Waals surface area contributed by atoms with Gasteiger partial charge in [0.2, 0.25) is 0 Å². The minimum Gasteiger partial charge on any atom is -0.481 e. The molecule has 0 aliphatic heterocycles. The number of carboxylic acids is 1. The van der Waals surface area contributed by atoms with Gasteiger partial charge in [-0.15, -0.1) is 5.10 Å². The van der Waals surface area contributed by atoms with Crippen LogP contribution in [-0.2, 0) is 11.2 Å². The summed E-state index contributed by atoms with van der Waals surface area (Å²) in [4.78, 5) is 18.9. The van der Waals surface area contributed by atoms with Gasteiger partial charge in [-0.05, 0) is 18.9 Å². The molecule has 0 spiro atoms. The molecule has 1 aliphatic carbocycles. The van der Waals surface area contributed by atoms with Gasteiger partial charge in [-0.2, -0.15) is 4.98 Å². The van der Waals surface area contributed by atoms with E-state index in [9.17, 15) is 4.79 Å². The zero-order chi connectivity index (χ0) is 11.8. The number of rotatable bonds is 4. The molecule has 2 heterocycles. The minimum absolute atomic E-state index is 0.0512. The van der Waals surface area contributed by atoms with Crippen molar-refractivity contribution in [2.75, 3.05) is 0 Å². The highest BCUT2D eigenvalue weighted by molar-refractivity contribution is 5.66. The zero-order valence-corrected chi connectivity index (χ0v) is 9.20. The molecule has 2 aromatic heterocycles. The highest BCUT2D eigenvalue weighted by atomic mass is 16.4. The number of aryl methyl sites for hydroxylation is 1. The first-order valence-corrected chi connectivity index (χ1v) is 5.66. The Morgan fingerprint density at radius 1 is 1.53 bits per heavy atom. The van der Waals surface area contributed by atoms with Crippen molar-refractivity contribution >= 4 is 11.7 Å². The predicted molar refractivity (Wildman–Crippen MR) is 58.7 cm³/mol. The van der Waals surface area contributed by atoms with Crippen LogP contribution in [0.25, 0.3) is 5.78 Å². The Labute approximate surface area is 97.3 Å². The molecule has 1 saturated carbocycles. The number of fused-ring (bicyclic) bond motifs is 1. The molecule has 3 rings (SSSR count). The van der Waals surface area contributed by atoms with E-state index in [1.54, 1.807) is 10.7 Å². The highest BCUT2D eigenvalue weighted by Gasteiger charge is 2.27. The van der Waals surface area contributed by atoms with Crippen molar-refractivity contribution in [3.63, 3.8) is 0 Å². The fraction of sp³-hybridized carbons (Fsp3) is 0.455. The summed E-state index contributed by atoms with van der Waals surface area (Å²) in [5.41, 5.74) is 1.13. The number of aliphatic carboxylic acids is 1. The number of nitrogens with zero attached hydrogens (tertiary/aromatic N) is 4. The second kappa shape index (κ2) is 3.80. The largest absolute Gasteiger partial charge is 0.481 e. The van der Waals surface area contributed by atoms with Crippen LogP contribution in [0.15, 0.2) is 12.3 Å². The summed E-state index contributed by atoms with van der Waals surface area (Å²) in [5.74, 6) is 0.844. The zero-order valence-electron chi connectivity index (χ0n) is 9.20. The van der Waals surface area contributed by atoms with Gasteiger partial charge in [-0.3, -0.25) is 4.79 Å². The lowest BCUT2D eigenvalue weighted by Gasteiger charge is -1.99. The first-order chi connectivity index (χ1) is 8.24. The van der Waals surface area contributed by atoms with E-state index < -0.39 is 5.97 Å². The van der Waals surface area contributed by atoms with E-state index in [1.165, 1.54) is 12.8 Å². The molecule has 0 unspecified atom stereocenters. The van der Waals surface area contributed by atoms with E-state index in [0.29, 0.717) is 23.9 Å². The summed E-state index contributed by atoms with van der Waals surface area (Å²) in [5, 5.41) is 13.0. The Balaban J connectivity index is 1.94. The summed E-state index contributed by atoms with van der Waals surface area (Å²) in [7, 11) is 0. The molecule has 17 heavy (non-hydrogen) atoms. The minimum atomic E-state index is -0.834. The summed E-state index contributed by atoms with van der Waals surface area (Å²) >= 11 is 0. The third-order valence-electron chi connectivity index (χ3n) is 2.87. The van der Waals surface area contributed by atoms with Crippen molar-refractivity contribution < 1.29 is 9.90 Å². The Hall–Kier alpha value is -1.98. The average Bonchev–Trinajstić information content (AvgIpc) is 3.05. The summed E-state index contributed by atoms with van der Waals surface area (Å²) in [6.07, 6.45) is 4.50. The fourth-order valence-electron chi connectivity index (χ4n) is 1.87. The van der Waals surface area contributed by atoms with Gasteiger partial charge in [0.1, 0.15) is 0 Å². The summed E-state index contributed by atoms with van der Waals surface area (Å²) in [6.45, 7) is 0. The lowest BCUT2D eigenvalue weighted by Crippen LogP contribution is -2.00. The SMILES string of the molecule is O=C(O)CCc1nc2nccc(C3CC3)n2n1. The van der Waals surface area contributed by atoms with Gasteiger partial charge in [0.15, 0.2) is 5.82 Å². The smallest absolute Gasteiger partial charge is 0.303 e. The number of aromatic nitrogens is 4. The van der Waals surface area contributed by atoms with E-state index in [-0.39, 0.29) is 6.42 Å². The Bertz CT molecular complexity index is 574. The van der Waals surface area contributed by atoms with E-state index in [1.807, 2.05) is 6.07 Å². The maximum absolute atomic E-state index is 10.5. The van der Waals surface area contributed by atoms with E-state index >= 15 is 0 Å². The van der Waals surface area contributed by atoms with Crippen molar-refractivity contribution in [2.45, 2.75) is 31.6 Å². The quantitative estimate of drug-likeness (QED) is 0.851. The molecule has 6 heteroatoms. The molecule has 1 aliphatic rings. The molecule has 0 aromatic carbocycles. The number of hydrogen-bond acceptors (Lipinski definition) is 4. The lowest BCUT2D eigenvalue weighted by molar-refractivity contribution is -0.137. The van der Waals surface area contributed by atoms with Crippen LogP contribution < -0.4 is 0 Å². The average molecular weight is 232 g/mol. The van der Waals surface area contributed by atoms with Crippen LogP contribution in [-0.4, -0.2) is 30.7 Å². The lowest BCUT2D eigenvalue weighted by atomic mass is 10.3. The maximum Gasteiger partial charge on any atom is 0.303 e. The van der Waals surface area contributed by atoms with E-state index in [2.05, 4.69) is 15.1 Å². The van der Waals surface area contributed by atoms with Crippen LogP contribution in [0.3, 0.4) is 0 Å². The molecule has 88 valence electrons. The molecule has 0 radical (unpaired) electrons. The molecule has 2 aromatic rings. The van der Waals surface area contributed by atoms with Crippen molar-refractivity contribution in [3.8, 4) is 0 Å². The van der Waals surface area contributed by atoms with Crippen LogP contribution in [0.1, 0.15) is 36.7 Å².